The van der Waals surface area contributed by atoms with Gasteiger partial charge < -0.3 is 10.1 Å². The van der Waals surface area contributed by atoms with E-state index in [1.807, 2.05) is 0 Å². The lowest BCUT2D eigenvalue weighted by molar-refractivity contribution is -0.119. The van der Waals surface area contributed by atoms with Crippen LogP contribution in [0.5, 0.6) is 0 Å². The van der Waals surface area contributed by atoms with Crippen LogP contribution in [0.25, 0.3) is 0 Å². The van der Waals surface area contributed by atoms with Crippen molar-refractivity contribution in [2.45, 2.75) is 6.92 Å². The van der Waals surface area contributed by atoms with E-state index in [9.17, 15) is 19.2 Å². The second-order valence-electron chi connectivity index (χ2n) is 7.22. The lowest BCUT2D eigenvalue weighted by Gasteiger charge is -2.14. The molecule has 3 aromatic rings. The first-order valence-corrected chi connectivity index (χ1v) is 10.5. The Balaban J connectivity index is 1.40. The number of benzene rings is 3. The van der Waals surface area contributed by atoms with Gasteiger partial charge in [0.05, 0.1) is 38.1 Å². The highest BCUT2D eigenvalue weighted by Gasteiger charge is 2.36. The number of hydrogen-bond acceptors (Lipinski definition) is 5. The van der Waals surface area contributed by atoms with Gasteiger partial charge in [-0.15, -0.1) is 0 Å². The Labute approximate surface area is 198 Å². The number of amides is 3. The SMILES string of the molecule is Cc1ccc(Cl)c(NC(=O)COC(=O)c2ccc(N3C(=O)c4ccccc4C3=O)cc2)c1Cl. The van der Waals surface area contributed by atoms with Gasteiger partial charge in [0.2, 0.25) is 0 Å². The zero-order valence-electron chi connectivity index (χ0n) is 17.2. The van der Waals surface area contributed by atoms with Crippen molar-refractivity contribution < 1.29 is 23.9 Å². The highest BCUT2D eigenvalue weighted by atomic mass is 35.5. The minimum atomic E-state index is -0.750. The van der Waals surface area contributed by atoms with Crippen molar-refractivity contribution in [3.8, 4) is 0 Å². The number of nitrogens with one attached hydrogen (secondary N) is 1. The number of carbonyl (C=O) groups excluding carboxylic acids is 4. The quantitative estimate of drug-likeness (QED) is 0.412. The lowest BCUT2D eigenvalue weighted by Crippen LogP contribution is -2.29. The maximum absolute atomic E-state index is 12.6. The van der Waals surface area contributed by atoms with Gasteiger partial charge in [0.25, 0.3) is 17.7 Å². The van der Waals surface area contributed by atoms with E-state index in [1.165, 1.54) is 24.3 Å². The van der Waals surface area contributed by atoms with E-state index in [2.05, 4.69) is 5.32 Å². The number of hydrogen-bond donors (Lipinski definition) is 1. The first kappa shape index (κ1) is 22.5. The molecule has 33 heavy (non-hydrogen) atoms. The van der Waals surface area contributed by atoms with Gasteiger partial charge in [-0.1, -0.05) is 41.4 Å². The average Bonchev–Trinajstić information content (AvgIpc) is 3.08. The lowest BCUT2D eigenvalue weighted by atomic mass is 10.1. The number of anilines is 2. The fourth-order valence-electron chi connectivity index (χ4n) is 3.33. The molecule has 3 aromatic carbocycles. The third-order valence-electron chi connectivity index (χ3n) is 5.04. The molecule has 0 aromatic heterocycles. The number of carbonyl (C=O) groups is 4. The number of halogens is 2. The van der Waals surface area contributed by atoms with E-state index in [1.54, 1.807) is 43.3 Å². The fourth-order valence-corrected chi connectivity index (χ4v) is 3.80. The number of imide groups is 1. The molecule has 1 heterocycles. The van der Waals surface area contributed by atoms with E-state index in [0.29, 0.717) is 21.8 Å². The van der Waals surface area contributed by atoms with E-state index < -0.39 is 30.3 Å². The molecule has 0 saturated heterocycles. The van der Waals surface area contributed by atoms with Crippen molar-refractivity contribution in [3.63, 3.8) is 0 Å². The minimum Gasteiger partial charge on any atom is -0.452 e. The predicted molar refractivity (Wildman–Crippen MR) is 124 cm³/mol. The molecule has 0 atom stereocenters. The zero-order chi connectivity index (χ0) is 23.7. The zero-order valence-corrected chi connectivity index (χ0v) is 18.7. The topological polar surface area (TPSA) is 92.8 Å². The van der Waals surface area contributed by atoms with Crippen molar-refractivity contribution in [1.29, 1.82) is 0 Å². The Hall–Kier alpha value is -3.68. The predicted octanol–water partition coefficient (Wildman–Crippen LogP) is 4.90. The van der Waals surface area contributed by atoms with E-state index in [-0.39, 0.29) is 16.3 Å². The first-order valence-electron chi connectivity index (χ1n) is 9.77. The summed E-state index contributed by atoms with van der Waals surface area (Å²) in [7, 11) is 0. The Bertz CT molecular complexity index is 1270. The van der Waals surface area contributed by atoms with Crippen LogP contribution in [0.4, 0.5) is 11.4 Å². The molecule has 1 aliphatic heterocycles. The summed E-state index contributed by atoms with van der Waals surface area (Å²) in [6.45, 7) is 1.21. The monoisotopic (exact) mass is 482 g/mol. The summed E-state index contributed by atoms with van der Waals surface area (Å²) in [6.07, 6.45) is 0. The van der Waals surface area contributed by atoms with Gasteiger partial charge in [-0.2, -0.15) is 0 Å². The largest absolute Gasteiger partial charge is 0.452 e. The molecule has 0 fully saturated rings. The Kier molecular flexibility index (Phi) is 6.18. The van der Waals surface area contributed by atoms with Gasteiger partial charge in [0, 0.05) is 0 Å². The molecule has 7 nitrogen and oxygen atoms in total. The third-order valence-corrected chi connectivity index (χ3v) is 5.84. The van der Waals surface area contributed by atoms with Gasteiger partial charge >= 0.3 is 5.97 Å². The van der Waals surface area contributed by atoms with Crippen LogP contribution in [-0.4, -0.2) is 30.3 Å². The van der Waals surface area contributed by atoms with Crippen LogP contribution in [0.3, 0.4) is 0 Å². The average molecular weight is 483 g/mol. The van der Waals surface area contributed by atoms with Gasteiger partial charge in [-0.3, -0.25) is 14.4 Å². The molecular weight excluding hydrogens is 467 g/mol. The summed E-state index contributed by atoms with van der Waals surface area (Å²) in [5, 5.41) is 3.08. The van der Waals surface area contributed by atoms with Crippen molar-refractivity contribution in [3.05, 3.63) is 93.0 Å². The Morgan fingerprint density at radius 2 is 1.52 bits per heavy atom. The van der Waals surface area contributed by atoms with Crippen LogP contribution >= 0.6 is 23.2 Å². The van der Waals surface area contributed by atoms with Crippen molar-refractivity contribution in [2.24, 2.45) is 0 Å². The summed E-state index contributed by atoms with van der Waals surface area (Å²) in [5.74, 6) is -2.23. The maximum atomic E-state index is 12.6. The number of nitrogens with zero attached hydrogens (tertiary/aromatic N) is 1. The highest BCUT2D eigenvalue weighted by molar-refractivity contribution is 6.40. The molecule has 4 rings (SSSR count). The fraction of sp³-hybridized carbons (Fsp3) is 0.0833. The second-order valence-corrected chi connectivity index (χ2v) is 8.00. The molecule has 0 unspecified atom stereocenters. The summed E-state index contributed by atoms with van der Waals surface area (Å²) < 4.78 is 5.05. The smallest absolute Gasteiger partial charge is 0.338 e. The van der Waals surface area contributed by atoms with Crippen LogP contribution in [0.1, 0.15) is 36.6 Å². The highest BCUT2D eigenvalue weighted by Crippen LogP contribution is 2.33. The molecule has 0 aliphatic carbocycles. The molecule has 0 radical (unpaired) electrons. The normalized spacial score (nSPS) is 12.5. The molecule has 0 spiro atoms. The third kappa shape index (κ3) is 4.33. The van der Waals surface area contributed by atoms with Crippen LogP contribution in [0, 0.1) is 6.92 Å². The van der Waals surface area contributed by atoms with Gasteiger partial charge in [-0.25, -0.2) is 9.69 Å². The Morgan fingerprint density at radius 1 is 0.909 bits per heavy atom. The molecule has 1 aliphatic rings. The second kappa shape index (κ2) is 9.05. The number of aryl methyl sites for hydroxylation is 1. The van der Waals surface area contributed by atoms with Crippen LogP contribution in [0.15, 0.2) is 60.7 Å². The van der Waals surface area contributed by atoms with Crippen molar-refractivity contribution in [2.75, 3.05) is 16.8 Å². The number of esters is 1. The Morgan fingerprint density at radius 3 is 2.12 bits per heavy atom. The van der Waals surface area contributed by atoms with Crippen molar-refractivity contribution >= 4 is 58.3 Å². The standard InChI is InChI=1S/C24H16Cl2N2O5/c1-13-6-11-18(25)21(20(13)26)27-19(29)12-33-24(32)14-7-9-15(10-8-14)28-22(30)16-4-2-3-5-17(16)23(28)31/h2-11H,12H2,1H3,(H,27,29). The van der Waals surface area contributed by atoms with Gasteiger partial charge in [0.15, 0.2) is 6.61 Å². The molecule has 0 bridgehead atoms. The number of ether oxygens (including phenoxy) is 1. The molecule has 9 heteroatoms. The maximum Gasteiger partial charge on any atom is 0.338 e. The van der Waals surface area contributed by atoms with E-state index in [4.69, 9.17) is 27.9 Å². The summed E-state index contributed by atoms with van der Waals surface area (Å²) in [5.41, 5.74) is 2.09. The van der Waals surface area contributed by atoms with Crippen molar-refractivity contribution in [1.82, 2.24) is 0 Å². The van der Waals surface area contributed by atoms with Gasteiger partial charge in [-0.05, 0) is 55.0 Å². The van der Waals surface area contributed by atoms with E-state index in [0.717, 1.165) is 10.5 Å². The molecular formula is C24H16Cl2N2O5. The van der Waals surface area contributed by atoms with Crippen LogP contribution < -0.4 is 10.2 Å². The molecule has 1 N–H and O–H groups in total. The van der Waals surface area contributed by atoms with Gasteiger partial charge in [0.1, 0.15) is 0 Å². The molecule has 166 valence electrons. The number of rotatable bonds is 5. The summed E-state index contributed by atoms with van der Waals surface area (Å²) in [4.78, 5) is 50.7. The minimum absolute atomic E-state index is 0.148. The summed E-state index contributed by atoms with van der Waals surface area (Å²) in [6, 6.07) is 15.6. The molecule has 3 amide bonds. The van der Waals surface area contributed by atoms with Crippen LogP contribution in [0.2, 0.25) is 10.0 Å². The van der Waals surface area contributed by atoms with E-state index >= 15 is 0 Å². The number of fused-ring (bicyclic) bond motifs is 1. The first-order chi connectivity index (χ1) is 15.8. The summed E-state index contributed by atoms with van der Waals surface area (Å²) >= 11 is 12.2. The van der Waals surface area contributed by atoms with Crippen LogP contribution in [-0.2, 0) is 9.53 Å². The molecule has 0 saturated carbocycles.